The third kappa shape index (κ3) is 9.90. The quantitative estimate of drug-likeness (QED) is 0.112. The van der Waals surface area contributed by atoms with Crippen LogP contribution in [0.25, 0.3) is 6.08 Å². The molecule has 59 heavy (non-hydrogen) atoms. The molecule has 15 heteroatoms. The summed E-state index contributed by atoms with van der Waals surface area (Å²) in [5.41, 5.74) is 6.17. The zero-order valence-electron chi connectivity index (χ0n) is 31.5. The van der Waals surface area contributed by atoms with Crippen LogP contribution in [0.1, 0.15) is 70.5 Å². The molecule has 0 spiro atoms. The number of hydrogen-bond donors (Lipinski definition) is 5. The molecule has 0 saturated heterocycles. The first-order chi connectivity index (χ1) is 28.6. The Morgan fingerprint density at radius 3 is 1.81 bits per heavy atom. The number of carboxylic acid groups (broad SMARTS) is 2. The molecule has 0 unspecified atom stereocenters. The molecule has 5 N–H and O–H groups in total. The minimum atomic E-state index is -0.999. The Morgan fingerprint density at radius 1 is 0.678 bits per heavy atom. The monoisotopic (exact) mass is 790 g/mol. The number of aromatic carboxylic acids is 2. The first-order valence-electron chi connectivity index (χ1n) is 18.5. The number of carbonyl (C=O) groups excluding carboxylic acids is 2. The van der Waals surface area contributed by atoms with Gasteiger partial charge in [-0.05, 0) is 52.6 Å². The van der Waals surface area contributed by atoms with Crippen molar-refractivity contribution in [2.45, 2.75) is 39.1 Å². The SMILES string of the molecule is O=C(NCc1ccccc1)C1=Cc2c(ncn(Cc3ccc(C(=O)O)cc3)c2=O)C1.O=C(O)c1ccc(CN2C=Nc3[nH]c(C(=O)NCc4ccccc4)nc3C2)cc1. The average molecular weight is 791 g/mol. The largest absolute Gasteiger partial charge is 0.478 e. The van der Waals surface area contributed by atoms with Crippen molar-refractivity contribution >= 4 is 42.0 Å². The number of nitrogens with one attached hydrogen (secondary N) is 3. The van der Waals surface area contributed by atoms with E-state index in [1.165, 1.54) is 23.0 Å². The average Bonchev–Trinajstić information content (AvgIpc) is 3.90. The van der Waals surface area contributed by atoms with Crippen molar-refractivity contribution in [3.63, 3.8) is 0 Å². The number of hydrogen-bond acceptors (Lipinski definition) is 9. The molecule has 3 heterocycles. The minimum absolute atomic E-state index is 0.187. The molecule has 2 aliphatic rings. The normalized spacial score (nSPS) is 12.3. The Hall–Kier alpha value is -7.94. The number of carboxylic acids is 2. The second kappa shape index (κ2) is 17.9. The summed E-state index contributed by atoms with van der Waals surface area (Å²) in [6.45, 7) is 2.17. The highest BCUT2D eigenvalue weighted by molar-refractivity contribution is 6.00. The number of imidazole rings is 1. The van der Waals surface area contributed by atoms with Gasteiger partial charge in [-0.3, -0.25) is 19.0 Å². The van der Waals surface area contributed by atoms with Crippen LogP contribution in [0.15, 0.2) is 131 Å². The highest BCUT2D eigenvalue weighted by atomic mass is 16.4. The summed E-state index contributed by atoms with van der Waals surface area (Å²) in [7, 11) is 0. The second-order valence-corrected chi connectivity index (χ2v) is 13.8. The Balaban J connectivity index is 0.000000179. The lowest BCUT2D eigenvalue weighted by Crippen LogP contribution is -2.24. The number of aliphatic imine (C=N–C) groups is 1. The summed E-state index contributed by atoms with van der Waals surface area (Å²) in [6.07, 6.45) is 5.08. The van der Waals surface area contributed by atoms with E-state index in [1.807, 2.05) is 65.6 Å². The van der Waals surface area contributed by atoms with Crippen molar-refractivity contribution in [2.24, 2.45) is 4.99 Å². The van der Waals surface area contributed by atoms with Gasteiger partial charge in [0.15, 0.2) is 11.6 Å². The van der Waals surface area contributed by atoms with Crippen LogP contribution in [0, 0.1) is 0 Å². The highest BCUT2D eigenvalue weighted by Gasteiger charge is 2.23. The molecule has 0 saturated carbocycles. The summed E-state index contributed by atoms with van der Waals surface area (Å²) in [5, 5.41) is 23.7. The minimum Gasteiger partial charge on any atom is -0.478 e. The predicted molar refractivity (Wildman–Crippen MR) is 218 cm³/mol. The van der Waals surface area contributed by atoms with Crippen molar-refractivity contribution in [1.29, 1.82) is 0 Å². The van der Waals surface area contributed by atoms with Gasteiger partial charge in [0.25, 0.3) is 11.5 Å². The van der Waals surface area contributed by atoms with E-state index < -0.39 is 11.9 Å². The molecule has 8 rings (SSSR count). The number of amides is 2. The van der Waals surface area contributed by atoms with Crippen LogP contribution in [0.5, 0.6) is 0 Å². The molecule has 2 amide bonds. The fourth-order valence-corrected chi connectivity index (χ4v) is 6.37. The van der Waals surface area contributed by atoms with Crippen LogP contribution in [0.3, 0.4) is 0 Å². The molecule has 1 aliphatic carbocycles. The Morgan fingerprint density at radius 2 is 1.24 bits per heavy atom. The van der Waals surface area contributed by atoms with Crippen molar-refractivity contribution in [3.05, 3.63) is 188 Å². The van der Waals surface area contributed by atoms with Crippen LogP contribution < -0.4 is 16.2 Å². The summed E-state index contributed by atoms with van der Waals surface area (Å²) in [6, 6.07) is 32.3. The van der Waals surface area contributed by atoms with Crippen molar-refractivity contribution in [3.8, 4) is 0 Å². The smallest absolute Gasteiger partial charge is 0.335 e. The molecule has 1 aliphatic heterocycles. The van der Waals surface area contributed by atoms with E-state index in [9.17, 15) is 24.0 Å². The summed E-state index contributed by atoms with van der Waals surface area (Å²) in [4.78, 5) is 77.6. The van der Waals surface area contributed by atoms with Gasteiger partial charge in [0.1, 0.15) is 5.69 Å². The van der Waals surface area contributed by atoms with E-state index in [0.717, 1.165) is 22.3 Å². The zero-order chi connectivity index (χ0) is 41.3. The van der Waals surface area contributed by atoms with E-state index in [0.29, 0.717) is 60.9 Å². The fourth-order valence-electron chi connectivity index (χ4n) is 6.37. The number of benzene rings is 4. The molecule has 0 atom stereocenters. The number of H-pyrrole nitrogens is 1. The van der Waals surface area contributed by atoms with Gasteiger partial charge >= 0.3 is 11.9 Å². The van der Waals surface area contributed by atoms with Crippen LogP contribution in [0.2, 0.25) is 0 Å². The van der Waals surface area contributed by atoms with E-state index in [4.69, 9.17) is 10.2 Å². The molecule has 6 aromatic rings. The van der Waals surface area contributed by atoms with Gasteiger partial charge in [-0.15, -0.1) is 0 Å². The molecule has 15 nitrogen and oxygen atoms in total. The molecule has 296 valence electrons. The van der Waals surface area contributed by atoms with Gasteiger partial charge in [0, 0.05) is 31.6 Å². The molecule has 0 radical (unpaired) electrons. The molecule has 0 bridgehead atoms. The Kier molecular flexibility index (Phi) is 11.9. The Labute approximate surface area is 337 Å². The van der Waals surface area contributed by atoms with E-state index >= 15 is 0 Å². The third-order valence-electron chi connectivity index (χ3n) is 9.53. The van der Waals surface area contributed by atoms with Crippen LogP contribution in [-0.2, 0) is 43.9 Å². The van der Waals surface area contributed by atoms with Gasteiger partial charge in [-0.1, -0.05) is 84.9 Å². The second-order valence-electron chi connectivity index (χ2n) is 13.8. The third-order valence-corrected chi connectivity index (χ3v) is 9.53. The van der Waals surface area contributed by atoms with E-state index in [1.54, 1.807) is 48.8 Å². The standard InChI is InChI=1S/C23H19N3O4.C21H19N5O3/c27-21(24-12-15-4-2-1-3-5-15)18-10-19-20(11-18)25-14-26(22(19)28)13-16-6-8-17(9-7-16)23(29)30;27-20(22-10-14-4-2-1-3-5-14)19-24-17-12-26(13-23-18(17)25-19)11-15-6-8-16(9-7-15)21(28)29/h1-10,14H,11-13H2,(H,24,27)(H,29,30);1-9,13H,10-12H2,(H,22,27)(H,24,25)(H,28,29). The highest BCUT2D eigenvalue weighted by Crippen LogP contribution is 2.23. The molecule has 4 aromatic carbocycles. The first kappa shape index (κ1) is 39.3. The molecule has 0 fully saturated rings. The lowest BCUT2D eigenvalue weighted by atomic mass is 10.1. The van der Waals surface area contributed by atoms with Crippen molar-refractivity contribution in [2.75, 3.05) is 0 Å². The zero-order valence-corrected chi connectivity index (χ0v) is 31.5. The fraction of sp³-hybridized carbons (Fsp3) is 0.136. The van der Waals surface area contributed by atoms with Gasteiger partial charge < -0.3 is 30.7 Å². The van der Waals surface area contributed by atoms with Crippen LogP contribution >= 0.6 is 0 Å². The van der Waals surface area contributed by atoms with Gasteiger partial charge in [-0.2, -0.15) is 0 Å². The lowest BCUT2D eigenvalue weighted by Gasteiger charge is -2.21. The lowest BCUT2D eigenvalue weighted by molar-refractivity contribution is -0.117. The van der Waals surface area contributed by atoms with E-state index in [2.05, 4.69) is 30.6 Å². The summed E-state index contributed by atoms with van der Waals surface area (Å²) < 4.78 is 1.45. The maximum atomic E-state index is 12.8. The van der Waals surface area contributed by atoms with Gasteiger partial charge in [0.2, 0.25) is 5.91 Å². The number of aromatic nitrogens is 4. The number of nitrogens with zero attached hydrogens (tertiary/aromatic N) is 5. The predicted octanol–water partition coefficient (Wildman–Crippen LogP) is 4.96. The topological polar surface area (TPSA) is 212 Å². The number of fused-ring (bicyclic) bond motifs is 2. The van der Waals surface area contributed by atoms with Crippen LogP contribution in [0.4, 0.5) is 5.82 Å². The van der Waals surface area contributed by atoms with Gasteiger partial charge in [-0.25, -0.2) is 24.5 Å². The number of rotatable bonds is 12. The number of carbonyl (C=O) groups is 4. The molecular weight excluding hydrogens is 753 g/mol. The molecular formula is C44H38N8O7. The summed E-state index contributed by atoms with van der Waals surface area (Å²) >= 11 is 0. The maximum absolute atomic E-state index is 12.8. The number of aromatic amines is 1. The van der Waals surface area contributed by atoms with Crippen LogP contribution in [-0.4, -0.2) is 64.7 Å². The maximum Gasteiger partial charge on any atom is 0.335 e. The van der Waals surface area contributed by atoms with Crippen molar-refractivity contribution in [1.82, 2.24) is 35.1 Å². The summed E-state index contributed by atoms with van der Waals surface area (Å²) in [5.74, 6) is -1.64. The molecule has 2 aromatic heterocycles. The first-order valence-corrected chi connectivity index (χ1v) is 18.5. The van der Waals surface area contributed by atoms with E-state index in [-0.39, 0.29) is 40.9 Å². The van der Waals surface area contributed by atoms with Crippen molar-refractivity contribution < 1.29 is 29.4 Å². The Bertz CT molecular complexity index is 2620. The van der Waals surface area contributed by atoms with Gasteiger partial charge in [0.05, 0.1) is 48.1 Å².